The first kappa shape index (κ1) is 24.7. The van der Waals surface area contributed by atoms with Gasteiger partial charge >= 0.3 is 5.97 Å². The highest BCUT2D eigenvalue weighted by Crippen LogP contribution is 2.50. The lowest BCUT2D eigenvalue weighted by Crippen LogP contribution is -2.53. The van der Waals surface area contributed by atoms with Crippen molar-refractivity contribution in [2.75, 3.05) is 25.2 Å². The number of fused-ring (bicyclic) bond motifs is 3. The van der Waals surface area contributed by atoms with Crippen LogP contribution < -0.4 is 9.64 Å². The van der Waals surface area contributed by atoms with E-state index in [9.17, 15) is 9.59 Å². The number of amides is 1. The Kier molecular flexibility index (Phi) is 6.85. The molecule has 0 spiro atoms. The maximum Gasteiger partial charge on any atom is 0.306 e. The highest BCUT2D eigenvalue weighted by Gasteiger charge is 2.58. The van der Waals surface area contributed by atoms with Crippen LogP contribution in [0.1, 0.15) is 57.3 Å². The second kappa shape index (κ2) is 9.70. The van der Waals surface area contributed by atoms with Gasteiger partial charge in [0.05, 0.1) is 12.3 Å². The van der Waals surface area contributed by atoms with E-state index in [1.54, 1.807) is 24.1 Å². The first-order valence-corrected chi connectivity index (χ1v) is 11.8. The number of aliphatic hydroxyl groups excluding tert-OH is 1. The van der Waals surface area contributed by atoms with Crippen molar-refractivity contribution in [3.63, 3.8) is 0 Å². The molecule has 2 aromatic rings. The summed E-state index contributed by atoms with van der Waals surface area (Å²) in [5.74, 6) is 0.412. The molecule has 0 saturated carbocycles. The van der Waals surface area contributed by atoms with Crippen LogP contribution in [0, 0.1) is 0 Å². The molecule has 35 heavy (non-hydrogen) atoms. The average Bonchev–Trinajstić information content (AvgIpc) is 3.22. The van der Waals surface area contributed by atoms with Gasteiger partial charge in [-0.1, -0.05) is 18.2 Å². The fourth-order valence-electron chi connectivity index (χ4n) is 4.43. The molecule has 2 aliphatic heterocycles. The van der Waals surface area contributed by atoms with E-state index in [1.807, 2.05) is 57.2 Å². The number of aliphatic imine (C=N–C) groups is 1. The molecular formula is C27H32N2O6. The number of aliphatic hydroxyl groups is 1. The molecular weight excluding hydrogens is 448 g/mol. The van der Waals surface area contributed by atoms with Crippen LogP contribution in [0.15, 0.2) is 53.5 Å². The van der Waals surface area contributed by atoms with Crippen molar-refractivity contribution in [3.05, 3.63) is 59.7 Å². The predicted octanol–water partition coefficient (Wildman–Crippen LogP) is 3.80. The van der Waals surface area contributed by atoms with Gasteiger partial charge in [0.2, 0.25) is 5.90 Å². The highest BCUT2D eigenvalue weighted by atomic mass is 16.6. The predicted molar refractivity (Wildman–Crippen MR) is 132 cm³/mol. The molecule has 2 aromatic carbocycles. The molecule has 0 aliphatic carbocycles. The van der Waals surface area contributed by atoms with Crippen molar-refractivity contribution >= 4 is 23.5 Å². The molecule has 8 heteroatoms. The Morgan fingerprint density at radius 2 is 1.89 bits per heavy atom. The summed E-state index contributed by atoms with van der Waals surface area (Å²) in [4.78, 5) is 32.7. The van der Waals surface area contributed by atoms with Crippen molar-refractivity contribution in [1.29, 1.82) is 0 Å². The Bertz CT molecular complexity index is 1120. The number of likely N-dealkylation sites (N-methyl/N-ethyl adjacent to an activating group) is 1. The number of hydrogen-bond acceptors (Lipinski definition) is 7. The van der Waals surface area contributed by atoms with E-state index in [0.717, 1.165) is 11.3 Å². The number of esters is 1. The van der Waals surface area contributed by atoms with Crippen molar-refractivity contribution in [2.45, 2.75) is 57.3 Å². The van der Waals surface area contributed by atoms with Crippen LogP contribution in [0.5, 0.6) is 5.75 Å². The smallest absolute Gasteiger partial charge is 0.306 e. The normalized spacial score (nSPS) is 21.1. The third kappa shape index (κ3) is 5.03. The minimum Gasteiger partial charge on any atom is -0.494 e. The molecule has 0 aromatic heterocycles. The number of rotatable bonds is 8. The van der Waals surface area contributed by atoms with Crippen LogP contribution in [0.25, 0.3) is 0 Å². The molecule has 1 N–H and O–H groups in total. The topological polar surface area (TPSA) is 97.7 Å². The summed E-state index contributed by atoms with van der Waals surface area (Å²) in [5.41, 5.74) is 0.431. The van der Waals surface area contributed by atoms with Crippen LogP contribution in [0.3, 0.4) is 0 Å². The molecule has 8 nitrogen and oxygen atoms in total. The molecule has 4 rings (SSSR count). The Morgan fingerprint density at radius 3 is 2.57 bits per heavy atom. The van der Waals surface area contributed by atoms with E-state index in [4.69, 9.17) is 24.3 Å². The molecule has 0 bridgehead atoms. The SMILES string of the molecule is CN1C(=O)[C@]2(CCC(=O)OC(C)(C)C)N=C(c3ccc(OCCCO)cc3)O[C@@H]2c2ccccc21. The Morgan fingerprint density at radius 1 is 1.17 bits per heavy atom. The fraction of sp³-hybridized carbons (Fsp3) is 0.444. The van der Waals surface area contributed by atoms with Crippen LogP contribution in [0.4, 0.5) is 5.69 Å². The minimum absolute atomic E-state index is 0.0350. The average molecular weight is 481 g/mol. The Hall–Kier alpha value is -3.39. The maximum atomic E-state index is 13.7. The lowest BCUT2D eigenvalue weighted by atomic mass is 9.79. The van der Waals surface area contributed by atoms with E-state index >= 15 is 0 Å². The summed E-state index contributed by atoms with van der Waals surface area (Å²) in [6.07, 6.45) is 0.0952. The van der Waals surface area contributed by atoms with Gasteiger partial charge in [0.1, 0.15) is 11.4 Å². The summed E-state index contributed by atoms with van der Waals surface area (Å²) in [5, 5.41) is 8.93. The number of carbonyl (C=O) groups is 2. The summed E-state index contributed by atoms with van der Waals surface area (Å²) >= 11 is 0. The molecule has 186 valence electrons. The zero-order chi connectivity index (χ0) is 25.2. The number of carbonyl (C=O) groups excluding carboxylic acids is 2. The first-order valence-electron chi connectivity index (χ1n) is 11.8. The van der Waals surface area contributed by atoms with E-state index in [1.165, 1.54) is 0 Å². The van der Waals surface area contributed by atoms with Gasteiger partial charge < -0.3 is 24.2 Å². The number of ether oxygens (including phenoxy) is 3. The molecule has 0 saturated heterocycles. The number of benzene rings is 2. The van der Waals surface area contributed by atoms with Gasteiger partial charge in [-0.2, -0.15) is 0 Å². The van der Waals surface area contributed by atoms with Gasteiger partial charge in [0.25, 0.3) is 5.91 Å². The second-order valence-corrected chi connectivity index (χ2v) is 9.80. The van der Waals surface area contributed by atoms with Gasteiger partial charge in [-0.15, -0.1) is 0 Å². The van der Waals surface area contributed by atoms with E-state index in [-0.39, 0.29) is 31.3 Å². The van der Waals surface area contributed by atoms with Crippen LogP contribution in [-0.4, -0.2) is 54.3 Å². The van der Waals surface area contributed by atoms with Crippen molar-refractivity contribution in [3.8, 4) is 5.75 Å². The molecule has 2 aliphatic rings. The largest absolute Gasteiger partial charge is 0.494 e. The summed E-state index contributed by atoms with van der Waals surface area (Å²) < 4.78 is 17.4. The van der Waals surface area contributed by atoms with Gasteiger partial charge in [-0.25, -0.2) is 4.99 Å². The van der Waals surface area contributed by atoms with Gasteiger partial charge in [0.15, 0.2) is 11.6 Å². The summed E-state index contributed by atoms with van der Waals surface area (Å²) in [6, 6.07) is 14.8. The van der Waals surface area contributed by atoms with Gasteiger partial charge in [0, 0.05) is 37.6 Å². The summed E-state index contributed by atoms with van der Waals surface area (Å²) in [6.45, 7) is 5.93. The zero-order valence-corrected chi connectivity index (χ0v) is 20.6. The molecule has 0 fully saturated rings. The Labute approximate surface area is 205 Å². The fourth-order valence-corrected chi connectivity index (χ4v) is 4.43. The van der Waals surface area contributed by atoms with E-state index in [0.29, 0.717) is 30.2 Å². The third-order valence-corrected chi connectivity index (χ3v) is 6.02. The maximum absolute atomic E-state index is 13.7. The molecule has 2 heterocycles. The van der Waals surface area contributed by atoms with E-state index in [2.05, 4.69) is 0 Å². The highest BCUT2D eigenvalue weighted by molar-refractivity contribution is 6.08. The monoisotopic (exact) mass is 480 g/mol. The third-order valence-electron chi connectivity index (χ3n) is 6.02. The molecule has 0 unspecified atom stereocenters. The lowest BCUT2D eigenvalue weighted by molar-refractivity contribution is -0.155. The van der Waals surface area contributed by atoms with Gasteiger partial charge in [-0.3, -0.25) is 9.59 Å². The molecule has 2 atom stereocenters. The number of nitrogens with zero attached hydrogens (tertiary/aromatic N) is 2. The number of anilines is 1. The summed E-state index contributed by atoms with van der Waals surface area (Å²) in [7, 11) is 1.72. The van der Waals surface area contributed by atoms with Crippen LogP contribution >= 0.6 is 0 Å². The standard InChI is InChI=1S/C27H32N2O6/c1-26(2,3)35-22(31)14-15-27-23(20-8-5-6-9-21(20)29(4)25(27)32)34-24(28-27)18-10-12-19(13-11-18)33-17-7-16-30/h5-6,8-13,23,30H,7,14-17H2,1-4H3/t23-,27-/m1/s1. The van der Waals surface area contributed by atoms with Crippen molar-refractivity contribution < 1.29 is 28.9 Å². The first-order chi connectivity index (χ1) is 16.6. The van der Waals surface area contributed by atoms with Crippen molar-refractivity contribution in [1.82, 2.24) is 0 Å². The Balaban J connectivity index is 1.66. The zero-order valence-electron chi connectivity index (χ0n) is 20.6. The number of hydrogen-bond donors (Lipinski definition) is 1. The lowest BCUT2D eigenvalue weighted by Gasteiger charge is -2.40. The van der Waals surface area contributed by atoms with Crippen molar-refractivity contribution in [2.24, 2.45) is 4.99 Å². The van der Waals surface area contributed by atoms with E-state index < -0.39 is 17.2 Å². The second-order valence-electron chi connectivity index (χ2n) is 9.80. The molecule has 0 radical (unpaired) electrons. The van der Waals surface area contributed by atoms with Gasteiger partial charge in [-0.05, 0) is 57.5 Å². The quantitative estimate of drug-likeness (QED) is 0.456. The van der Waals surface area contributed by atoms with Crippen LogP contribution in [-0.2, 0) is 19.1 Å². The molecule has 1 amide bonds. The number of para-hydroxylation sites is 1. The minimum atomic E-state index is -1.27. The van der Waals surface area contributed by atoms with Crippen LogP contribution in [0.2, 0.25) is 0 Å².